The number of hydrogen-bond donors (Lipinski definition) is 0. The van der Waals surface area contributed by atoms with E-state index in [-0.39, 0.29) is 35.9 Å². The largest absolute Gasteiger partial charge is 0.490 e. The number of pyridine rings is 1. The summed E-state index contributed by atoms with van der Waals surface area (Å²) in [5.41, 5.74) is 3.27. The van der Waals surface area contributed by atoms with Crippen molar-refractivity contribution in [3.63, 3.8) is 0 Å². The summed E-state index contributed by atoms with van der Waals surface area (Å²) >= 11 is 0. The summed E-state index contributed by atoms with van der Waals surface area (Å²) in [7, 11) is 0. The van der Waals surface area contributed by atoms with E-state index in [1.54, 1.807) is 17.3 Å². The van der Waals surface area contributed by atoms with Gasteiger partial charge in [0, 0.05) is 56.0 Å². The van der Waals surface area contributed by atoms with Gasteiger partial charge in [-0.05, 0) is 62.1 Å². The Hall–Kier alpha value is -2.89. The van der Waals surface area contributed by atoms with Crippen molar-refractivity contribution >= 4 is 17.5 Å². The monoisotopic (exact) mass is 419 g/mol. The first-order chi connectivity index (χ1) is 15.0. The number of benzene rings is 1. The number of piperidine rings is 1. The molecule has 3 unspecified atom stereocenters. The number of hydrogen-bond acceptors (Lipinski definition) is 4. The molecule has 4 heterocycles. The highest BCUT2D eigenvalue weighted by atomic mass is 16.5. The molecule has 1 aromatic heterocycles. The molecule has 1 aromatic carbocycles. The summed E-state index contributed by atoms with van der Waals surface area (Å²) in [6, 6.07) is 10.3. The first-order valence-corrected chi connectivity index (χ1v) is 11.3. The van der Waals surface area contributed by atoms with Crippen LogP contribution in [0.25, 0.3) is 0 Å². The van der Waals surface area contributed by atoms with Gasteiger partial charge in [0.05, 0.1) is 5.92 Å². The Morgan fingerprint density at radius 3 is 2.42 bits per heavy atom. The molecule has 0 saturated carbocycles. The van der Waals surface area contributed by atoms with Gasteiger partial charge in [0.2, 0.25) is 11.8 Å². The molecule has 0 N–H and O–H groups in total. The predicted molar refractivity (Wildman–Crippen MR) is 118 cm³/mol. The molecule has 2 amide bonds. The summed E-state index contributed by atoms with van der Waals surface area (Å²) in [5, 5.41) is 0. The Kier molecular flexibility index (Phi) is 5.16. The van der Waals surface area contributed by atoms with E-state index in [4.69, 9.17) is 4.74 Å². The van der Waals surface area contributed by atoms with Crippen LogP contribution in [0, 0.1) is 19.8 Å². The van der Waals surface area contributed by atoms with Crippen LogP contribution < -0.4 is 9.64 Å². The number of nitrogens with zero attached hydrogens (tertiary/aromatic N) is 3. The fraction of sp³-hybridized carbons (Fsp3) is 0.480. The number of anilines is 1. The summed E-state index contributed by atoms with van der Waals surface area (Å²) in [6.07, 6.45) is 7.66. The molecule has 2 aromatic rings. The molecule has 3 saturated heterocycles. The first-order valence-electron chi connectivity index (χ1n) is 11.3. The van der Waals surface area contributed by atoms with Crippen molar-refractivity contribution in [3.05, 3.63) is 53.9 Å². The molecular weight excluding hydrogens is 390 g/mol. The van der Waals surface area contributed by atoms with E-state index >= 15 is 0 Å². The summed E-state index contributed by atoms with van der Waals surface area (Å²) < 4.78 is 6.16. The molecule has 3 aliphatic rings. The number of ether oxygens (including phenoxy) is 1. The van der Waals surface area contributed by atoms with Crippen LogP contribution in [-0.2, 0) is 9.59 Å². The fourth-order valence-electron chi connectivity index (χ4n) is 5.42. The summed E-state index contributed by atoms with van der Waals surface area (Å²) in [4.78, 5) is 34.1. The van der Waals surface area contributed by atoms with E-state index < -0.39 is 0 Å². The van der Waals surface area contributed by atoms with E-state index in [9.17, 15) is 9.59 Å². The molecule has 3 atom stereocenters. The molecule has 0 radical (unpaired) electrons. The van der Waals surface area contributed by atoms with Crippen LogP contribution in [0.2, 0.25) is 0 Å². The highest BCUT2D eigenvalue weighted by Crippen LogP contribution is 2.39. The molecule has 5 rings (SSSR count). The van der Waals surface area contributed by atoms with Crippen molar-refractivity contribution in [2.24, 2.45) is 5.92 Å². The second kappa shape index (κ2) is 7.98. The SMILES string of the molecule is Cc1ccc(N2CC(C(=O)N3C4CCC3CC(Oc3ccncc3)C4)CC2=O)cc1C. The molecule has 0 spiro atoms. The third kappa shape index (κ3) is 3.80. The Balaban J connectivity index is 1.26. The number of carbonyl (C=O) groups excluding carboxylic acids is 2. The fourth-order valence-corrected chi connectivity index (χ4v) is 5.42. The smallest absolute Gasteiger partial charge is 0.228 e. The molecule has 31 heavy (non-hydrogen) atoms. The summed E-state index contributed by atoms with van der Waals surface area (Å²) in [6.45, 7) is 4.60. The molecular formula is C25H29N3O3. The van der Waals surface area contributed by atoms with E-state index in [0.29, 0.717) is 13.0 Å². The second-order valence-electron chi connectivity index (χ2n) is 9.20. The predicted octanol–water partition coefficient (Wildman–Crippen LogP) is 3.65. The van der Waals surface area contributed by atoms with Crippen LogP contribution in [0.1, 0.15) is 43.2 Å². The molecule has 3 aliphatic heterocycles. The molecule has 6 heteroatoms. The van der Waals surface area contributed by atoms with Crippen LogP contribution in [-0.4, -0.2) is 46.4 Å². The van der Waals surface area contributed by atoms with Crippen molar-refractivity contribution in [1.82, 2.24) is 9.88 Å². The van der Waals surface area contributed by atoms with Gasteiger partial charge in [-0.2, -0.15) is 0 Å². The highest BCUT2D eigenvalue weighted by Gasteiger charge is 2.47. The zero-order valence-corrected chi connectivity index (χ0v) is 18.2. The Labute approximate surface area is 183 Å². The van der Waals surface area contributed by atoms with Gasteiger partial charge in [-0.25, -0.2) is 0 Å². The molecule has 2 bridgehead atoms. The average molecular weight is 420 g/mol. The standard InChI is InChI=1S/C25H29N3O3/c1-16-3-4-19(11-17(16)2)27-15-18(12-24(27)29)25(30)28-20-5-6-21(28)14-23(13-20)31-22-7-9-26-10-8-22/h3-4,7-11,18,20-21,23H,5-6,12-15H2,1-2H3. The van der Waals surface area contributed by atoms with Crippen molar-refractivity contribution in [1.29, 1.82) is 0 Å². The Bertz CT molecular complexity index is 979. The number of rotatable bonds is 4. The highest BCUT2D eigenvalue weighted by molar-refractivity contribution is 6.00. The second-order valence-corrected chi connectivity index (χ2v) is 9.20. The van der Waals surface area contributed by atoms with Crippen LogP contribution in [0.5, 0.6) is 5.75 Å². The summed E-state index contributed by atoms with van der Waals surface area (Å²) in [5.74, 6) is 0.777. The number of aromatic nitrogens is 1. The maximum atomic E-state index is 13.5. The topological polar surface area (TPSA) is 62.7 Å². The van der Waals surface area contributed by atoms with Crippen molar-refractivity contribution < 1.29 is 14.3 Å². The molecule has 6 nitrogen and oxygen atoms in total. The lowest BCUT2D eigenvalue weighted by Crippen LogP contribution is -2.51. The van der Waals surface area contributed by atoms with Crippen molar-refractivity contribution in [2.75, 3.05) is 11.4 Å². The van der Waals surface area contributed by atoms with Crippen LogP contribution in [0.3, 0.4) is 0 Å². The Morgan fingerprint density at radius 2 is 1.74 bits per heavy atom. The van der Waals surface area contributed by atoms with Crippen LogP contribution in [0.15, 0.2) is 42.7 Å². The van der Waals surface area contributed by atoms with Gasteiger partial charge in [-0.15, -0.1) is 0 Å². The quantitative estimate of drug-likeness (QED) is 0.759. The third-order valence-electron chi connectivity index (χ3n) is 7.17. The maximum Gasteiger partial charge on any atom is 0.228 e. The Morgan fingerprint density at radius 1 is 1.03 bits per heavy atom. The molecule has 0 aliphatic carbocycles. The minimum absolute atomic E-state index is 0.0462. The molecule has 162 valence electrons. The van der Waals surface area contributed by atoms with Crippen molar-refractivity contribution in [3.8, 4) is 5.75 Å². The van der Waals surface area contributed by atoms with Crippen LogP contribution in [0.4, 0.5) is 5.69 Å². The lowest BCUT2D eigenvalue weighted by molar-refractivity contribution is -0.141. The number of fused-ring (bicyclic) bond motifs is 2. The van der Waals surface area contributed by atoms with Crippen molar-refractivity contribution in [2.45, 2.75) is 64.1 Å². The number of aryl methyl sites for hydroxylation is 2. The normalized spacial score (nSPS) is 27.6. The van der Waals surface area contributed by atoms with Gasteiger partial charge in [-0.3, -0.25) is 14.6 Å². The van der Waals surface area contributed by atoms with E-state index in [1.165, 1.54) is 5.56 Å². The number of carbonyl (C=O) groups is 2. The molecule has 3 fully saturated rings. The van der Waals surface area contributed by atoms with Gasteiger partial charge in [0.15, 0.2) is 0 Å². The van der Waals surface area contributed by atoms with E-state index in [0.717, 1.165) is 42.7 Å². The number of amides is 2. The minimum Gasteiger partial charge on any atom is -0.490 e. The average Bonchev–Trinajstić information content (AvgIpc) is 3.27. The third-order valence-corrected chi connectivity index (χ3v) is 7.17. The van der Waals surface area contributed by atoms with Gasteiger partial charge < -0.3 is 14.5 Å². The van der Waals surface area contributed by atoms with Gasteiger partial charge in [0.1, 0.15) is 11.9 Å². The zero-order chi connectivity index (χ0) is 21.5. The van der Waals surface area contributed by atoms with E-state index in [1.807, 2.05) is 30.3 Å². The zero-order valence-electron chi connectivity index (χ0n) is 18.2. The minimum atomic E-state index is -0.255. The van der Waals surface area contributed by atoms with E-state index in [2.05, 4.69) is 23.7 Å². The lowest BCUT2D eigenvalue weighted by Gasteiger charge is -2.40. The van der Waals surface area contributed by atoms with Crippen LogP contribution >= 0.6 is 0 Å². The first kappa shape index (κ1) is 20.0. The lowest BCUT2D eigenvalue weighted by atomic mass is 9.96. The van der Waals surface area contributed by atoms with Gasteiger partial charge >= 0.3 is 0 Å². The van der Waals surface area contributed by atoms with Gasteiger partial charge in [0.25, 0.3) is 0 Å². The van der Waals surface area contributed by atoms with Gasteiger partial charge in [-0.1, -0.05) is 6.07 Å². The maximum absolute atomic E-state index is 13.5.